The van der Waals surface area contributed by atoms with Crippen molar-refractivity contribution in [2.45, 2.75) is 76.5 Å². The largest absolute Gasteiger partial charge is 0.340 e. The van der Waals surface area contributed by atoms with Crippen molar-refractivity contribution in [1.82, 2.24) is 39.5 Å². The lowest BCUT2D eigenvalue weighted by molar-refractivity contribution is -0.139. The summed E-state index contributed by atoms with van der Waals surface area (Å²) in [7, 11) is 3.79. The van der Waals surface area contributed by atoms with E-state index in [4.69, 9.17) is 9.97 Å². The Hall–Kier alpha value is -4.88. The number of aromatic amines is 2. The Kier molecular flexibility index (Phi) is 12.4. The van der Waals surface area contributed by atoms with Crippen LogP contribution < -0.4 is 0 Å². The summed E-state index contributed by atoms with van der Waals surface area (Å²) in [5.74, 6) is 1.72. The summed E-state index contributed by atoms with van der Waals surface area (Å²) < 4.78 is 0. The average molecular weight is 815 g/mol. The number of thiophene rings is 2. The van der Waals surface area contributed by atoms with Gasteiger partial charge < -0.3 is 19.8 Å². The number of hydrogen-bond acceptors (Lipinski definition) is 8. The number of rotatable bonds is 13. The third-order valence-electron chi connectivity index (χ3n) is 12.0. The minimum Gasteiger partial charge on any atom is -0.340 e. The molecule has 12 heteroatoms. The van der Waals surface area contributed by atoms with Gasteiger partial charge in [-0.15, -0.1) is 22.7 Å². The second-order valence-corrected chi connectivity index (χ2v) is 17.9. The highest BCUT2D eigenvalue weighted by atomic mass is 32.1. The molecule has 2 amide bonds. The standard InChI is InChI=1S/C46H54N8O2S2/c1-31(51(3)45(55)41(33-17-9-5-10-18-33)53-25-13-7-14-26-53)43-47-29-35(49-43)37-21-23-39(57-37)40-24-22-38(58-40)36-30-48-44(50-36)32(2)52(4)46(56)42(34-19-11-6-12-20-34)54-27-15-8-16-28-54/h5-6,9-12,17-24,29-32,41-42H,7-8,13-16,25-28H2,1-4H3,(H,47,49)(H,48,50)/t31-,32-,41-,42-/m1/s1. The molecule has 10 nitrogen and oxygen atoms in total. The number of likely N-dealkylation sites (N-methyl/N-ethyl adjacent to an activating group) is 2. The van der Waals surface area contributed by atoms with Crippen LogP contribution >= 0.6 is 22.7 Å². The van der Waals surface area contributed by atoms with Gasteiger partial charge in [0.1, 0.15) is 23.7 Å². The first-order chi connectivity index (χ1) is 28.3. The van der Waals surface area contributed by atoms with E-state index in [-0.39, 0.29) is 36.0 Å². The van der Waals surface area contributed by atoms with Gasteiger partial charge in [0.2, 0.25) is 11.8 Å². The first-order valence-electron chi connectivity index (χ1n) is 20.7. The maximum atomic E-state index is 14.1. The second kappa shape index (κ2) is 17.9. The van der Waals surface area contributed by atoms with E-state index in [2.05, 4.69) is 68.3 Å². The summed E-state index contributed by atoms with van der Waals surface area (Å²) >= 11 is 3.43. The van der Waals surface area contributed by atoms with E-state index in [1.807, 2.05) is 86.5 Å². The molecule has 2 fully saturated rings. The fourth-order valence-corrected chi connectivity index (χ4v) is 10.4. The van der Waals surface area contributed by atoms with Gasteiger partial charge in [0.05, 0.1) is 45.6 Å². The normalized spacial score (nSPS) is 17.4. The van der Waals surface area contributed by atoms with Gasteiger partial charge in [0.15, 0.2) is 0 Å². The number of amides is 2. The second-order valence-electron chi connectivity index (χ2n) is 15.8. The number of imidazole rings is 2. The van der Waals surface area contributed by atoms with Crippen molar-refractivity contribution in [1.29, 1.82) is 0 Å². The van der Waals surface area contributed by atoms with E-state index >= 15 is 0 Å². The van der Waals surface area contributed by atoms with Gasteiger partial charge >= 0.3 is 0 Å². The Morgan fingerprint density at radius 3 is 1.29 bits per heavy atom. The number of benzene rings is 2. The SMILES string of the molecule is C[C@H](c1ncc(-c2ccc(-c3ccc(-c4cnc([C@@H](C)N(C)C(=O)[C@@H](c5ccccc5)N5CCCCC5)[nH]4)s3)s2)[nH]1)N(C)C(=O)[C@@H](c1ccccc1)N1CCCCC1. The van der Waals surface area contributed by atoms with E-state index in [0.29, 0.717) is 0 Å². The van der Waals surface area contributed by atoms with Gasteiger partial charge in [0.25, 0.3) is 0 Å². The Bertz CT molecular complexity index is 2110. The molecule has 58 heavy (non-hydrogen) atoms. The van der Waals surface area contributed by atoms with Gasteiger partial charge in [0, 0.05) is 23.8 Å². The zero-order valence-corrected chi connectivity index (χ0v) is 35.6. The Balaban J connectivity index is 0.930. The number of H-pyrrole nitrogens is 2. The molecule has 0 spiro atoms. The van der Waals surface area contributed by atoms with Crippen LogP contribution in [-0.4, -0.2) is 91.6 Å². The number of carbonyl (C=O) groups excluding carboxylic acids is 2. The molecule has 2 aromatic carbocycles. The van der Waals surface area contributed by atoms with Crippen LogP contribution in [0.3, 0.4) is 0 Å². The Morgan fingerprint density at radius 1 is 0.552 bits per heavy atom. The van der Waals surface area contributed by atoms with Gasteiger partial charge in [-0.1, -0.05) is 73.5 Å². The van der Waals surface area contributed by atoms with Gasteiger partial charge in [-0.3, -0.25) is 19.4 Å². The molecule has 0 saturated carbocycles. The minimum atomic E-state index is -0.303. The molecule has 2 saturated heterocycles. The number of hydrogen-bond donors (Lipinski definition) is 2. The topological polar surface area (TPSA) is 104 Å². The lowest BCUT2D eigenvalue weighted by atomic mass is 10.00. The average Bonchev–Trinajstić information content (AvgIpc) is 4.12. The smallest absolute Gasteiger partial charge is 0.244 e. The highest BCUT2D eigenvalue weighted by molar-refractivity contribution is 7.25. The molecule has 302 valence electrons. The van der Waals surface area contributed by atoms with Gasteiger partial charge in [-0.05, 0) is 101 Å². The quantitative estimate of drug-likeness (QED) is 0.120. The first kappa shape index (κ1) is 39.9. The van der Waals surface area contributed by atoms with Crippen molar-refractivity contribution >= 4 is 34.5 Å². The molecule has 0 radical (unpaired) electrons. The van der Waals surface area contributed by atoms with E-state index < -0.39 is 0 Å². The van der Waals surface area contributed by atoms with Gasteiger partial charge in [-0.25, -0.2) is 9.97 Å². The van der Waals surface area contributed by atoms with Crippen LogP contribution in [0.1, 0.15) is 99.3 Å². The summed E-state index contributed by atoms with van der Waals surface area (Å²) in [5, 5.41) is 0. The fourth-order valence-electron chi connectivity index (χ4n) is 8.36. The molecule has 6 aromatic rings. The highest BCUT2D eigenvalue weighted by Gasteiger charge is 2.35. The molecule has 0 bridgehead atoms. The monoisotopic (exact) mass is 814 g/mol. The molecular weight excluding hydrogens is 761 g/mol. The number of likely N-dealkylation sites (tertiary alicyclic amines) is 2. The summed E-state index contributed by atoms with van der Waals surface area (Å²) in [6.45, 7) is 7.81. The van der Waals surface area contributed by atoms with Crippen molar-refractivity contribution in [2.75, 3.05) is 40.3 Å². The van der Waals surface area contributed by atoms with E-state index in [9.17, 15) is 9.59 Å². The molecular formula is C46H54N8O2S2. The van der Waals surface area contributed by atoms with Crippen molar-refractivity contribution in [3.8, 4) is 30.9 Å². The summed E-state index contributed by atoms with van der Waals surface area (Å²) in [5.41, 5.74) is 3.96. The third-order valence-corrected chi connectivity index (χ3v) is 14.5. The maximum absolute atomic E-state index is 14.1. The van der Waals surface area contributed by atoms with Crippen LogP contribution in [0.4, 0.5) is 0 Å². The van der Waals surface area contributed by atoms with Crippen LogP contribution in [0.2, 0.25) is 0 Å². The molecule has 4 atom stereocenters. The Morgan fingerprint density at radius 2 is 0.914 bits per heavy atom. The predicted octanol–water partition coefficient (Wildman–Crippen LogP) is 9.75. The highest BCUT2D eigenvalue weighted by Crippen LogP contribution is 2.40. The molecule has 0 aliphatic carbocycles. The number of nitrogens with zero attached hydrogens (tertiary/aromatic N) is 6. The number of piperidine rings is 2. The van der Waals surface area contributed by atoms with E-state index in [1.165, 1.54) is 12.8 Å². The van der Waals surface area contributed by atoms with Crippen LogP contribution in [-0.2, 0) is 9.59 Å². The summed E-state index contributed by atoms with van der Waals surface area (Å²) in [6.07, 6.45) is 10.7. The molecule has 8 rings (SSSR count). The minimum absolute atomic E-state index is 0.0920. The molecule has 0 unspecified atom stereocenters. The zero-order chi connectivity index (χ0) is 40.2. The molecule has 4 aromatic heterocycles. The van der Waals surface area contributed by atoms with Gasteiger partial charge in [-0.2, -0.15) is 0 Å². The lowest BCUT2D eigenvalue weighted by Gasteiger charge is -2.37. The maximum Gasteiger partial charge on any atom is 0.244 e. The van der Waals surface area contributed by atoms with Crippen LogP contribution in [0.5, 0.6) is 0 Å². The third kappa shape index (κ3) is 8.47. The van der Waals surface area contributed by atoms with Crippen molar-refractivity contribution in [2.24, 2.45) is 0 Å². The summed E-state index contributed by atoms with van der Waals surface area (Å²) in [4.78, 5) is 57.7. The van der Waals surface area contributed by atoms with E-state index in [0.717, 1.165) is 106 Å². The molecule has 2 aliphatic heterocycles. The number of nitrogens with one attached hydrogen (secondary N) is 2. The molecule has 6 heterocycles. The summed E-state index contributed by atoms with van der Waals surface area (Å²) in [6, 6.07) is 27.9. The fraction of sp³-hybridized carbons (Fsp3) is 0.391. The van der Waals surface area contributed by atoms with E-state index in [1.54, 1.807) is 22.7 Å². The van der Waals surface area contributed by atoms with Crippen molar-refractivity contribution in [3.63, 3.8) is 0 Å². The molecule has 2 N–H and O–H groups in total. The predicted molar refractivity (Wildman–Crippen MR) is 234 cm³/mol. The molecule has 2 aliphatic rings. The first-order valence-corrected chi connectivity index (χ1v) is 22.3. The zero-order valence-electron chi connectivity index (χ0n) is 33.9. The van der Waals surface area contributed by atoms with Crippen LogP contribution in [0.25, 0.3) is 30.9 Å². The van der Waals surface area contributed by atoms with Crippen LogP contribution in [0, 0.1) is 0 Å². The van der Waals surface area contributed by atoms with Crippen molar-refractivity contribution < 1.29 is 9.59 Å². The number of aromatic nitrogens is 4. The Labute approximate surface area is 350 Å². The lowest BCUT2D eigenvalue weighted by Crippen LogP contribution is -2.44. The van der Waals surface area contributed by atoms with Crippen molar-refractivity contribution in [3.05, 3.63) is 120 Å². The number of carbonyl (C=O) groups is 2. The van der Waals surface area contributed by atoms with Crippen LogP contribution in [0.15, 0.2) is 97.3 Å².